The average Bonchev–Trinajstić information content (AvgIpc) is 2.34. The molecule has 0 atom stereocenters. The molecule has 4 heteroatoms. The first-order chi connectivity index (χ1) is 8.63. The lowest BCUT2D eigenvalue weighted by atomic mass is 10.2. The van der Waals surface area contributed by atoms with Gasteiger partial charge in [0.05, 0.1) is 21.2 Å². The first kappa shape index (κ1) is 14.8. The third kappa shape index (κ3) is 5.38. The summed E-state index contributed by atoms with van der Waals surface area (Å²) < 4.78 is 11.0. The SMILES string of the molecule is COc1cc(C)ccc1OCC[NH2+]CC[NH+](C)C. The number of ether oxygens (including phenoxy) is 2. The van der Waals surface area contributed by atoms with Crippen LogP contribution in [0.25, 0.3) is 0 Å². The van der Waals surface area contributed by atoms with E-state index in [1.807, 2.05) is 25.1 Å². The predicted molar refractivity (Wildman–Crippen MR) is 72.6 cm³/mol. The van der Waals surface area contributed by atoms with Crippen molar-refractivity contribution in [3.05, 3.63) is 23.8 Å². The first-order valence-electron chi connectivity index (χ1n) is 6.51. The van der Waals surface area contributed by atoms with Gasteiger partial charge >= 0.3 is 0 Å². The minimum Gasteiger partial charge on any atom is -0.493 e. The van der Waals surface area contributed by atoms with E-state index in [0.717, 1.165) is 24.6 Å². The van der Waals surface area contributed by atoms with Crippen LogP contribution in [-0.4, -0.2) is 47.4 Å². The van der Waals surface area contributed by atoms with Gasteiger partial charge in [-0.3, -0.25) is 0 Å². The molecule has 0 saturated carbocycles. The first-order valence-corrected chi connectivity index (χ1v) is 6.51. The van der Waals surface area contributed by atoms with Gasteiger partial charge in [0.25, 0.3) is 0 Å². The lowest BCUT2D eigenvalue weighted by molar-refractivity contribution is -0.874. The van der Waals surface area contributed by atoms with Crippen molar-refractivity contribution in [2.75, 3.05) is 47.4 Å². The molecule has 4 nitrogen and oxygen atoms in total. The molecule has 3 N–H and O–H groups in total. The van der Waals surface area contributed by atoms with Gasteiger partial charge in [-0.05, 0) is 24.6 Å². The van der Waals surface area contributed by atoms with Crippen molar-refractivity contribution in [3.8, 4) is 11.5 Å². The number of likely N-dealkylation sites (N-methyl/N-ethyl adjacent to an activating group) is 1. The summed E-state index contributed by atoms with van der Waals surface area (Å²) in [6.45, 7) is 6.04. The van der Waals surface area contributed by atoms with Gasteiger partial charge in [-0.25, -0.2) is 0 Å². The topological polar surface area (TPSA) is 39.5 Å². The lowest BCUT2D eigenvalue weighted by Gasteiger charge is -2.11. The van der Waals surface area contributed by atoms with Crippen LogP contribution in [0.15, 0.2) is 18.2 Å². The third-order valence-corrected chi connectivity index (χ3v) is 2.75. The van der Waals surface area contributed by atoms with Crippen LogP contribution in [0.5, 0.6) is 11.5 Å². The second kappa shape index (κ2) is 7.95. The highest BCUT2D eigenvalue weighted by Crippen LogP contribution is 2.27. The monoisotopic (exact) mass is 254 g/mol. The highest BCUT2D eigenvalue weighted by atomic mass is 16.5. The zero-order valence-electron chi connectivity index (χ0n) is 12.0. The van der Waals surface area contributed by atoms with E-state index in [0.29, 0.717) is 6.61 Å². The van der Waals surface area contributed by atoms with Crippen LogP contribution in [0.2, 0.25) is 0 Å². The molecule has 0 aliphatic rings. The zero-order chi connectivity index (χ0) is 13.4. The molecule has 1 aromatic carbocycles. The molecule has 18 heavy (non-hydrogen) atoms. The summed E-state index contributed by atoms with van der Waals surface area (Å²) in [4.78, 5) is 1.48. The Bertz CT molecular complexity index is 354. The molecular formula is C14H26N2O2+2. The maximum absolute atomic E-state index is 5.73. The number of quaternary nitrogens is 2. The molecule has 0 fully saturated rings. The number of methoxy groups -OCH3 is 1. The number of hydrogen-bond donors (Lipinski definition) is 2. The van der Waals surface area contributed by atoms with E-state index in [2.05, 4.69) is 19.4 Å². The minimum atomic E-state index is 0.710. The van der Waals surface area contributed by atoms with E-state index in [1.54, 1.807) is 7.11 Å². The molecule has 0 amide bonds. The van der Waals surface area contributed by atoms with Crippen LogP contribution in [0, 0.1) is 6.92 Å². The summed E-state index contributed by atoms with van der Waals surface area (Å²) in [5, 5.41) is 2.29. The van der Waals surface area contributed by atoms with Crippen molar-refractivity contribution in [3.63, 3.8) is 0 Å². The molecule has 0 saturated heterocycles. The van der Waals surface area contributed by atoms with Crippen molar-refractivity contribution in [1.82, 2.24) is 0 Å². The van der Waals surface area contributed by atoms with Gasteiger partial charge in [-0.2, -0.15) is 0 Å². The summed E-state index contributed by atoms with van der Waals surface area (Å²) >= 11 is 0. The van der Waals surface area contributed by atoms with Crippen LogP contribution >= 0.6 is 0 Å². The molecule has 0 heterocycles. The highest BCUT2D eigenvalue weighted by molar-refractivity contribution is 5.42. The average molecular weight is 254 g/mol. The Labute approximate surface area is 110 Å². The second-order valence-electron chi connectivity index (χ2n) is 4.83. The Hall–Kier alpha value is -1.26. The van der Waals surface area contributed by atoms with Crippen molar-refractivity contribution >= 4 is 0 Å². The van der Waals surface area contributed by atoms with Crippen molar-refractivity contribution in [2.45, 2.75) is 6.92 Å². The molecule has 0 aliphatic carbocycles. The maximum atomic E-state index is 5.73. The van der Waals surface area contributed by atoms with Crippen LogP contribution in [0.3, 0.4) is 0 Å². The van der Waals surface area contributed by atoms with Crippen LogP contribution in [0.4, 0.5) is 0 Å². The van der Waals surface area contributed by atoms with Crippen molar-refractivity contribution < 1.29 is 19.7 Å². The predicted octanol–water partition coefficient (Wildman–Crippen LogP) is -0.910. The van der Waals surface area contributed by atoms with E-state index >= 15 is 0 Å². The van der Waals surface area contributed by atoms with Gasteiger partial charge in [-0.1, -0.05) is 6.07 Å². The summed E-state index contributed by atoms with van der Waals surface area (Å²) in [5.74, 6) is 1.64. The van der Waals surface area contributed by atoms with Gasteiger partial charge < -0.3 is 19.7 Å². The summed E-state index contributed by atoms with van der Waals surface area (Å²) in [6, 6.07) is 6.00. The fourth-order valence-electron chi connectivity index (χ4n) is 1.68. The molecule has 0 bridgehead atoms. The molecule has 0 radical (unpaired) electrons. The van der Waals surface area contributed by atoms with Gasteiger partial charge in [0.1, 0.15) is 26.2 Å². The van der Waals surface area contributed by atoms with Gasteiger partial charge in [-0.15, -0.1) is 0 Å². The quantitative estimate of drug-likeness (QED) is 0.590. The molecular weight excluding hydrogens is 228 g/mol. The Morgan fingerprint density at radius 3 is 2.61 bits per heavy atom. The molecule has 0 unspecified atom stereocenters. The Morgan fingerprint density at radius 1 is 1.17 bits per heavy atom. The normalized spacial score (nSPS) is 10.7. The van der Waals surface area contributed by atoms with E-state index < -0.39 is 0 Å². The Balaban J connectivity index is 2.27. The van der Waals surface area contributed by atoms with Gasteiger partial charge in [0.15, 0.2) is 11.5 Å². The van der Waals surface area contributed by atoms with Gasteiger partial charge in [0.2, 0.25) is 0 Å². The Morgan fingerprint density at radius 2 is 1.94 bits per heavy atom. The number of hydrogen-bond acceptors (Lipinski definition) is 2. The lowest BCUT2D eigenvalue weighted by Crippen LogP contribution is -3.09. The van der Waals surface area contributed by atoms with E-state index in [4.69, 9.17) is 9.47 Å². The minimum absolute atomic E-state index is 0.710. The Kier molecular flexibility index (Phi) is 6.54. The zero-order valence-corrected chi connectivity index (χ0v) is 12.0. The summed E-state index contributed by atoms with van der Waals surface area (Å²) in [5.41, 5.74) is 1.18. The number of aryl methyl sites for hydroxylation is 1. The molecule has 0 spiro atoms. The highest BCUT2D eigenvalue weighted by Gasteiger charge is 2.04. The fourth-order valence-corrected chi connectivity index (χ4v) is 1.68. The molecule has 102 valence electrons. The maximum Gasteiger partial charge on any atom is 0.161 e. The molecule has 0 aliphatic heterocycles. The molecule has 1 rings (SSSR count). The second-order valence-corrected chi connectivity index (χ2v) is 4.83. The molecule has 0 aromatic heterocycles. The largest absolute Gasteiger partial charge is 0.493 e. The van der Waals surface area contributed by atoms with E-state index in [1.165, 1.54) is 17.0 Å². The van der Waals surface area contributed by atoms with Crippen molar-refractivity contribution in [1.29, 1.82) is 0 Å². The smallest absolute Gasteiger partial charge is 0.161 e. The fraction of sp³-hybridized carbons (Fsp3) is 0.571. The van der Waals surface area contributed by atoms with E-state index in [-0.39, 0.29) is 0 Å². The van der Waals surface area contributed by atoms with Crippen LogP contribution in [-0.2, 0) is 0 Å². The van der Waals surface area contributed by atoms with Crippen molar-refractivity contribution in [2.24, 2.45) is 0 Å². The van der Waals surface area contributed by atoms with E-state index in [9.17, 15) is 0 Å². The van der Waals surface area contributed by atoms with Crippen LogP contribution < -0.4 is 19.7 Å². The number of nitrogens with two attached hydrogens (primary N) is 1. The number of nitrogens with one attached hydrogen (secondary N) is 1. The summed E-state index contributed by atoms with van der Waals surface area (Å²) in [6.07, 6.45) is 0. The number of benzene rings is 1. The third-order valence-electron chi connectivity index (χ3n) is 2.75. The number of rotatable bonds is 8. The standard InChI is InChI=1S/C14H24N2O2/c1-12-5-6-13(14(11-12)17-4)18-10-8-15-7-9-16(2)3/h5-6,11,15H,7-10H2,1-4H3/p+2. The van der Waals surface area contributed by atoms with Crippen LogP contribution in [0.1, 0.15) is 5.56 Å². The summed E-state index contributed by atoms with van der Waals surface area (Å²) in [7, 11) is 6.01. The molecule has 1 aromatic rings. The van der Waals surface area contributed by atoms with Gasteiger partial charge in [0, 0.05) is 0 Å².